The molecule has 0 amide bonds. The molecule has 1 aromatic rings. The summed E-state index contributed by atoms with van der Waals surface area (Å²) in [6.07, 6.45) is 12.1. The summed E-state index contributed by atoms with van der Waals surface area (Å²) in [6.45, 7) is 0. The molecule has 0 aliphatic heterocycles. The fourth-order valence-corrected chi connectivity index (χ4v) is 2.09. The van der Waals surface area contributed by atoms with Crippen LogP contribution < -0.4 is 5.73 Å². The summed E-state index contributed by atoms with van der Waals surface area (Å²) in [6, 6.07) is 4.12. The number of nitrogens with zero attached hydrogens (tertiary/aromatic N) is 1. The average Bonchev–Trinajstić information content (AvgIpc) is 2.31. The zero-order chi connectivity index (χ0) is 10.5. The molecule has 1 heterocycles. The van der Waals surface area contributed by atoms with Gasteiger partial charge in [-0.2, -0.15) is 0 Å². The molecule has 0 spiro atoms. The summed E-state index contributed by atoms with van der Waals surface area (Å²) in [4.78, 5) is 4.10. The van der Waals surface area contributed by atoms with E-state index < -0.39 is 0 Å². The first-order valence-electron chi connectivity index (χ1n) is 5.69. The maximum Gasteiger partial charge on any atom is 0.0347 e. The van der Waals surface area contributed by atoms with Crippen LogP contribution in [0.15, 0.2) is 36.2 Å². The summed E-state index contributed by atoms with van der Waals surface area (Å²) in [5, 5.41) is 0. The Morgan fingerprint density at radius 3 is 3.00 bits per heavy atom. The summed E-state index contributed by atoms with van der Waals surface area (Å²) in [7, 11) is 0. The Bertz CT molecular complexity index is 330. The lowest BCUT2D eigenvalue weighted by Gasteiger charge is -2.17. The second kappa shape index (κ2) is 5.08. The van der Waals surface area contributed by atoms with E-state index in [1.54, 1.807) is 6.20 Å². The second-order valence-corrected chi connectivity index (χ2v) is 4.21. The van der Waals surface area contributed by atoms with Crippen LogP contribution in [-0.4, -0.2) is 4.98 Å². The van der Waals surface area contributed by atoms with Gasteiger partial charge in [0.1, 0.15) is 0 Å². The standard InChI is InChI=1S/C13H18N2/c14-13(12-7-4-8-15-10-12)9-11-5-2-1-3-6-11/h4-5,7-8,10,13H,1-3,6,9,14H2. The maximum atomic E-state index is 6.15. The number of pyridine rings is 1. The summed E-state index contributed by atoms with van der Waals surface area (Å²) in [5.74, 6) is 0. The van der Waals surface area contributed by atoms with Crippen molar-refractivity contribution < 1.29 is 0 Å². The molecule has 15 heavy (non-hydrogen) atoms. The van der Waals surface area contributed by atoms with Crippen molar-refractivity contribution in [2.45, 2.75) is 38.1 Å². The third-order valence-electron chi connectivity index (χ3n) is 2.98. The van der Waals surface area contributed by atoms with Crippen molar-refractivity contribution in [1.82, 2.24) is 4.98 Å². The third-order valence-corrected chi connectivity index (χ3v) is 2.98. The molecular weight excluding hydrogens is 184 g/mol. The molecule has 80 valence electrons. The fraction of sp³-hybridized carbons (Fsp3) is 0.462. The Morgan fingerprint density at radius 1 is 1.40 bits per heavy atom. The highest BCUT2D eigenvalue weighted by Crippen LogP contribution is 2.25. The number of allylic oxidation sites excluding steroid dienone is 1. The number of rotatable bonds is 3. The van der Waals surface area contributed by atoms with Gasteiger partial charge < -0.3 is 5.73 Å². The van der Waals surface area contributed by atoms with Crippen LogP contribution >= 0.6 is 0 Å². The van der Waals surface area contributed by atoms with Crippen LogP contribution in [0.5, 0.6) is 0 Å². The van der Waals surface area contributed by atoms with Crippen LogP contribution in [-0.2, 0) is 0 Å². The van der Waals surface area contributed by atoms with Gasteiger partial charge in [0.15, 0.2) is 0 Å². The van der Waals surface area contributed by atoms with Gasteiger partial charge in [0.05, 0.1) is 0 Å². The fourth-order valence-electron chi connectivity index (χ4n) is 2.09. The van der Waals surface area contributed by atoms with E-state index in [1.807, 2.05) is 12.3 Å². The van der Waals surface area contributed by atoms with Crippen LogP contribution in [0.4, 0.5) is 0 Å². The van der Waals surface area contributed by atoms with Crippen molar-refractivity contribution >= 4 is 0 Å². The van der Waals surface area contributed by atoms with Gasteiger partial charge >= 0.3 is 0 Å². The molecule has 1 aliphatic carbocycles. The van der Waals surface area contributed by atoms with E-state index in [2.05, 4.69) is 17.1 Å². The molecule has 0 radical (unpaired) electrons. The van der Waals surface area contributed by atoms with E-state index in [4.69, 9.17) is 5.73 Å². The Balaban J connectivity index is 1.97. The SMILES string of the molecule is NC(CC1=CCCCC1)c1cccnc1. The predicted octanol–water partition coefficient (Wildman–Crippen LogP) is 2.97. The monoisotopic (exact) mass is 202 g/mol. The van der Waals surface area contributed by atoms with Crippen molar-refractivity contribution in [3.05, 3.63) is 41.7 Å². The largest absolute Gasteiger partial charge is 0.324 e. The van der Waals surface area contributed by atoms with Gasteiger partial charge in [0.2, 0.25) is 0 Å². The summed E-state index contributed by atoms with van der Waals surface area (Å²) < 4.78 is 0. The number of aromatic nitrogens is 1. The first kappa shape index (κ1) is 10.4. The highest BCUT2D eigenvalue weighted by atomic mass is 14.7. The smallest absolute Gasteiger partial charge is 0.0347 e. The molecule has 1 aliphatic rings. The zero-order valence-electron chi connectivity index (χ0n) is 9.02. The van der Waals surface area contributed by atoms with Crippen LogP contribution in [0.2, 0.25) is 0 Å². The highest BCUT2D eigenvalue weighted by molar-refractivity contribution is 5.17. The molecule has 0 saturated carbocycles. The normalized spacial score (nSPS) is 18.3. The first-order chi connectivity index (χ1) is 7.36. The average molecular weight is 202 g/mol. The van der Waals surface area contributed by atoms with Crippen LogP contribution in [0, 0.1) is 0 Å². The molecular formula is C13H18N2. The molecule has 2 rings (SSSR count). The van der Waals surface area contributed by atoms with E-state index in [1.165, 1.54) is 31.3 Å². The minimum Gasteiger partial charge on any atom is -0.324 e. The molecule has 1 aromatic heterocycles. The number of hydrogen-bond donors (Lipinski definition) is 1. The molecule has 0 bridgehead atoms. The first-order valence-corrected chi connectivity index (χ1v) is 5.69. The van der Waals surface area contributed by atoms with E-state index in [9.17, 15) is 0 Å². The minimum absolute atomic E-state index is 0.114. The van der Waals surface area contributed by atoms with Gasteiger partial charge in [0, 0.05) is 18.4 Å². The lowest BCUT2D eigenvalue weighted by atomic mass is 9.92. The molecule has 0 aromatic carbocycles. The van der Waals surface area contributed by atoms with Crippen molar-refractivity contribution in [2.75, 3.05) is 0 Å². The topological polar surface area (TPSA) is 38.9 Å². The van der Waals surface area contributed by atoms with Gasteiger partial charge in [-0.1, -0.05) is 17.7 Å². The summed E-state index contributed by atoms with van der Waals surface area (Å²) in [5.41, 5.74) is 8.81. The Morgan fingerprint density at radius 2 is 2.33 bits per heavy atom. The van der Waals surface area contributed by atoms with Gasteiger partial charge in [-0.3, -0.25) is 4.98 Å². The minimum atomic E-state index is 0.114. The van der Waals surface area contributed by atoms with Gasteiger partial charge in [-0.25, -0.2) is 0 Å². The second-order valence-electron chi connectivity index (χ2n) is 4.21. The lowest BCUT2D eigenvalue weighted by molar-refractivity contribution is 0.627. The molecule has 1 unspecified atom stereocenters. The Hall–Kier alpha value is -1.15. The van der Waals surface area contributed by atoms with Crippen LogP contribution in [0.3, 0.4) is 0 Å². The predicted molar refractivity (Wildman–Crippen MR) is 62.3 cm³/mol. The third kappa shape index (κ3) is 2.90. The van der Waals surface area contributed by atoms with Crippen molar-refractivity contribution in [2.24, 2.45) is 5.73 Å². The Kier molecular flexibility index (Phi) is 3.51. The van der Waals surface area contributed by atoms with E-state index in [0.717, 1.165) is 12.0 Å². The van der Waals surface area contributed by atoms with Crippen LogP contribution in [0.1, 0.15) is 43.7 Å². The lowest BCUT2D eigenvalue weighted by Crippen LogP contribution is -2.12. The van der Waals surface area contributed by atoms with E-state index >= 15 is 0 Å². The van der Waals surface area contributed by atoms with E-state index in [0.29, 0.717) is 0 Å². The highest BCUT2D eigenvalue weighted by Gasteiger charge is 2.10. The molecule has 2 N–H and O–H groups in total. The van der Waals surface area contributed by atoms with Gasteiger partial charge in [0.25, 0.3) is 0 Å². The Labute approximate surface area is 91.2 Å². The summed E-state index contributed by atoms with van der Waals surface area (Å²) >= 11 is 0. The van der Waals surface area contributed by atoms with Gasteiger partial charge in [-0.15, -0.1) is 0 Å². The molecule has 0 saturated heterocycles. The molecule has 2 nitrogen and oxygen atoms in total. The zero-order valence-corrected chi connectivity index (χ0v) is 9.02. The van der Waals surface area contributed by atoms with Gasteiger partial charge in [-0.05, 0) is 43.7 Å². The number of nitrogens with two attached hydrogens (primary N) is 1. The molecule has 0 fully saturated rings. The van der Waals surface area contributed by atoms with Crippen molar-refractivity contribution in [3.63, 3.8) is 0 Å². The maximum absolute atomic E-state index is 6.15. The van der Waals surface area contributed by atoms with E-state index in [-0.39, 0.29) is 6.04 Å². The molecule has 1 atom stereocenters. The quantitative estimate of drug-likeness (QED) is 0.765. The molecule has 2 heteroatoms. The number of hydrogen-bond acceptors (Lipinski definition) is 2. The van der Waals surface area contributed by atoms with Crippen molar-refractivity contribution in [3.8, 4) is 0 Å². The van der Waals surface area contributed by atoms with Crippen LogP contribution in [0.25, 0.3) is 0 Å². The van der Waals surface area contributed by atoms with Crippen molar-refractivity contribution in [1.29, 1.82) is 0 Å².